The molecule has 0 aliphatic carbocycles. The summed E-state index contributed by atoms with van der Waals surface area (Å²) in [5.74, 6) is -0.444. The third-order valence-corrected chi connectivity index (χ3v) is 4.47. The summed E-state index contributed by atoms with van der Waals surface area (Å²) in [6.45, 7) is 3.84. The summed E-state index contributed by atoms with van der Waals surface area (Å²) in [7, 11) is 0. The lowest BCUT2D eigenvalue weighted by atomic mass is 10.2. The van der Waals surface area contributed by atoms with Gasteiger partial charge in [-0.25, -0.2) is 4.79 Å². The quantitative estimate of drug-likeness (QED) is 0.642. The summed E-state index contributed by atoms with van der Waals surface area (Å²) in [6.07, 6.45) is 1.64. The van der Waals surface area contributed by atoms with Crippen molar-refractivity contribution < 1.29 is 9.59 Å². The van der Waals surface area contributed by atoms with Gasteiger partial charge in [-0.2, -0.15) is 0 Å². The van der Waals surface area contributed by atoms with Crippen LogP contribution >= 0.6 is 23.2 Å². The van der Waals surface area contributed by atoms with Crippen molar-refractivity contribution in [2.24, 2.45) is 0 Å². The van der Waals surface area contributed by atoms with Gasteiger partial charge in [0.25, 0.3) is 5.91 Å². The fraction of sp³-hybridized carbons (Fsp3) is 0.125. The molecule has 1 saturated heterocycles. The van der Waals surface area contributed by atoms with Crippen LogP contribution in [0.3, 0.4) is 0 Å². The average Bonchev–Trinajstić information content (AvgIpc) is 2.94. The molecule has 5 nitrogen and oxygen atoms in total. The summed E-state index contributed by atoms with van der Waals surface area (Å²) in [5.41, 5.74) is 3.61. The number of aromatic nitrogens is 1. The van der Waals surface area contributed by atoms with E-state index in [1.165, 1.54) is 0 Å². The maximum absolute atomic E-state index is 11.7. The highest BCUT2D eigenvalue weighted by Crippen LogP contribution is 2.32. The lowest BCUT2D eigenvalue weighted by Gasteiger charge is -2.12. The largest absolute Gasteiger partial charge is 0.326 e. The second-order valence-corrected chi connectivity index (χ2v) is 5.99. The molecule has 0 bridgehead atoms. The molecule has 1 aliphatic rings. The van der Waals surface area contributed by atoms with E-state index in [2.05, 4.69) is 10.6 Å². The summed E-state index contributed by atoms with van der Waals surface area (Å²) in [5, 5.41) is 5.58. The van der Waals surface area contributed by atoms with Crippen LogP contribution < -0.4 is 10.6 Å². The zero-order valence-electron chi connectivity index (χ0n) is 12.4. The number of nitrogens with zero attached hydrogens (tertiary/aromatic N) is 1. The number of amides is 3. The SMILES string of the molecule is Cc1cc(/C=C2\NC(=O)NC2=O)c(C)n1-c1cccc(Cl)c1Cl. The zero-order chi connectivity index (χ0) is 16.7. The first-order chi connectivity index (χ1) is 10.9. The normalized spacial score (nSPS) is 15.9. The predicted molar refractivity (Wildman–Crippen MR) is 89.9 cm³/mol. The third kappa shape index (κ3) is 2.73. The minimum absolute atomic E-state index is 0.215. The van der Waals surface area contributed by atoms with Crippen molar-refractivity contribution in [1.29, 1.82) is 0 Å². The first-order valence-corrected chi connectivity index (χ1v) is 7.61. The van der Waals surface area contributed by atoms with Crippen LogP contribution in [0.4, 0.5) is 4.79 Å². The van der Waals surface area contributed by atoms with Crippen LogP contribution in [0.15, 0.2) is 30.0 Å². The van der Waals surface area contributed by atoms with Gasteiger partial charge < -0.3 is 9.88 Å². The Morgan fingerprint density at radius 3 is 2.52 bits per heavy atom. The van der Waals surface area contributed by atoms with Gasteiger partial charge >= 0.3 is 6.03 Å². The second kappa shape index (κ2) is 5.76. The van der Waals surface area contributed by atoms with E-state index in [0.29, 0.717) is 10.0 Å². The van der Waals surface area contributed by atoms with Gasteiger partial charge in [0, 0.05) is 11.4 Å². The topological polar surface area (TPSA) is 63.1 Å². The van der Waals surface area contributed by atoms with Crippen LogP contribution in [0.5, 0.6) is 0 Å². The van der Waals surface area contributed by atoms with Crippen molar-refractivity contribution in [3.63, 3.8) is 0 Å². The van der Waals surface area contributed by atoms with Gasteiger partial charge in [0.2, 0.25) is 0 Å². The highest BCUT2D eigenvalue weighted by atomic mass is 35.5. The summed E-state index contributed by atoms with van der Waals surface area (Å²) >= 11 is 12.4. The number of benzene rings is 1. The molecule has 7 heteroatoms. The van der Waals surface area contributed by atoms with Crippen LogP contribution in [-0.2, 0) is 4.79 Å². The monoisotopic (exact) mass is 349 g/mol. The van der Waals surface area contributed by atoms with Crippen LogP contribution in [0, 0.1) is 13.8 Å². The predicted octanol–water partition coefficient (Wildman–Crippen LogP) is 3.58. The van der Waals surface area contributed by atoms with Gasteiger partial charge in [0.1, 0.15) is 5.70 Å². The minimum Gasteiger partial charge on any atom is -0.316 e. The lowest BCUT2D eigenvalue weighted by molar-refractivity contribution is -0.115. The van der Waals surface area contributed by atoms with E-state index >= 15 is 0 Å². The van der Waals surface area contributed by atoms with E-state index in [0.717, 1.165) is 22.6 Å². The first kappa shape index (κ1) is 15.6. The average molecular weight is 350 g/mol. The Morgan fingerprint density at radius 2 is 1.87 bits per heavy atom. The van der Waals surface area contributed by atoms with Crippen LogP contribution in [0.2, 0.25) is 10.0 Å². The van der Waals surface area contributed by atoms with Crippen molar-refractivity contribution in [3.8, 4) is 5.69 Å². The smallest absolute Gasteiger partial charge is 0.316 e. The van der Waals surface area contributed by atoms with Crippen molar-refractivity contribution in [1.82, 2.24) is 15.2 Å². The van der Waals surface area contributed by atoms with E-state index in [9.17, 15) is 9.59 Å². The van der Waals surface area contributed by atoms with Crippen molar-refractivity contribution in [2.75, 3.05) is 0 Å². The molecule has 1 aromatic heterocycles. The number of halogens is 2. The maximum atomic E-state index is 11.7. The fourth-order valence-electron chi connectivity index (χ4n) is 2.61. The zero-order valence-corrected chi connectivity index (χ0v) is 13.9. The summed E-state index contributed by atoms with van der Waals surface area (Å²) in [4.78, 5) is 22.8. The number of rotatable bonds is 2. The van der Waals surface area contributed by atoms with E-state index in [4.69, 9.17) is 23.2 Å². The molecule has 3 amide bonds. The first-order valence-electron chi connectivity index (χ1n) is 6.86. The molecule has 0 saturated carbocycles. The Kier molecular flexibility index (Phi) is 3.92. The number of hydrogen-bond acceptors (Lipinski definition) is 2. The highest BCUT2D eigenvalue weighted by molar-refractivity contribution is 6.43. The number of urea groups is 1. The molecule has 2 aromatic rings. The van der Waals surface area contributed by atoms with Crippen LogP contribution in [-0.4, -0.2) is 16.5 Å². The highest BCUT2D eigenvalue weighted by Gasteiger charge is 2.23. The van der Waals surface area contributed by atoms with E-state index in [1.807, 2.05) is 36.6 Å². The molecule has 0 unspecified atom stereocenters. The van der Waals surface area contributed by atoms with Crippen LogP contribution in [0.1, 0.15) is 17.0 Å². The molecular weight excluding hydrogens is 337 g/mol. The van der Waals surface area contributed by atoms with Gasteiger partial charge in [-0.05, 0) is 43.7 Å². The molecular formula is C16H13Cl2N3O2. The molecule has 1 aromatic carbocycles. The number of nitrogens with one attached hydrogen (secondary N) is 2. The van der Waals surface area contributed by atoms with Gasteiger partial charge in [-0.3, -0.25) is 10.1 Å². The molecule has 118 valence electrons. The van der Waals surface area contributed by atoms with Crippen LogP contribution in [0.25, 0.3) is 11.8 Å². The standard InChI is InChI=1S/C16H13Cl2N3O2/c1-8-6-10(7-12-15(22)20-16(23)19-12)9(2)21(8)13-5-3-4-11(17)14(13)18/h3-7H,1-2H3,(H2,19,20,22,23)/b12-7-. The Morgan fingerprint density at radius 1 is 1.13 bits per heavy atom. The maximum Gasteiger partial charge on any atom is 0.326 e. The van der Waals surface area contributed by atoms with Gasteiger partial charge in [0.05, 0.1) is 15.7 Å². The fourth-order valence-corrected chi connectivity index (χ4v) is 2.99. The molecule has 2 N–H and O–H groups in total. The Hall–Kier alpha value is -2.24. The van der Waals surface area contributed by atoms with Crippen molar-refractivity contribution in [3.05, 3.63) is 57.0 Å². The summed E-state index contributed by atoms with van der Waals surface area (Å²) < 4.78 is 1.95. The third-order valence-electron chi connectivity index (χ3n) is 3.66. The molecule has 0 radical (unpaired) electrons. The Labute approximate surface area is 142 Å². The molecule has 23 heavy (non-hydrogen) atoms. The molecule has 1 aliphatic heterocycles. The van der Waals surface area contributed by atoms with E-state index in [-0.39, 0.29) is 5.70 Å². The van der Waals surface area contributed by atoms with E-state index in [1.54, 1.807) is 12.1 Å². The molecule has 0 atom stereocenters. The van der Waals surface area contributed by atoms with Crippen molar-refractivity contribution in [2.45, 2.75) is 13.8 Å². The number of imide groups is 1. The summed E-state index contributed by atoms with van der Waals surface area (Å²) in [6, 6.07) is 6.81. The number of hydrogen-bond donors (Lipinski definition) is 2. The van der Waals surface area contributed by atoms with Crippen molar-refractivity contribution >= 4 is 41.2 Å². The molecule has 2 heterocycles. The van der Waals surface area contributed by atoms with Gasteiger partial charge in [0.15, 0.2) is 0 Å². The molecule has 0 spiro atoms. The van der Waals surface area contributed by atoms with Gasteiger partial charge in [-0.1, -0.05) is 29.3 Å². The minimum atomic E-state index is -0.520. The lowest BCUT2D eigenvalue weighted by Crippen LogP contribution is -2.22. The van der Waals surface area contributed by atoms with E-state index < -0.39 is 11.9 Å². The second-order valence-electron chi connectivity index (χ2n) is 5.20. The number of carbonyl (C=O) groups excluding carboxylic acids is 2. The Bertz CT molecular complexity index is 868. The number of aryl methyl sites for hydroxylation is 1. The molecule has 3 rings (SSSR count). The Balaban J connectivity index is 2.11. The number of carbonyl (C=O) groups is 2. The van der Waals surface area contributed by atoms with Gasteiger partial charge in [-0.15, -0.1) is 0 Å². The molecule has 1 fully saturated rings.